The van der Waals surface area contributed by atoms with E-state index in [1.807, 2.05) is 0 Å². The zero-order valence-electron chi connectivity index (χ0n) is 5.96. The molecule has 3 nitrogen and oxygen atoms in total. The van der Waals surface area contributed by atoms with Crippen LogP contribution in [0.1, 0.15) is 6.42 Å². The van der Waals surface area contributed by atoms with E-state index in [2.05, 4.69) is 10.1 Å². The summed E-state index contributed by atoms with van der Waals surface area (Å²) in [5, 5.41) is 3.26. The van der Waals surface area contributed by atoms with Crippen molar-refractivity contribution < 1.29 is 9.53 Å². The van der Waals surface area contributed by atoms with Crippen molar-refractivity contribution in [2.75, 3.05) is 13.7 Å². The van der Waals surface area contributed by atoms with Crippen molar-refractivity contribution >= 4 is 5.97 Å². The Labute approximate surface area is 59.7 Å². The van der Waals surface area contributed by atoms with Gasteiger partial charge in [-0.2, -0.15) is 0 Å². The highest BCUT2D eigenvalue weighted by Gasteiger charge is 2.57. The Morgan fingerprint density at radius 3 is 3.00 bits per heavy atom. The summed E-state index contributed by atoms with van der Waals surface area (Å²) >= 11 is 0. The van der Waals surface area contributed by atoms with Crippen LogP contribution in [0.5, 0.6) is 0 Å². The summed E-state index contributed by atoms with van der Waals surface area (Å²) in [7, 11) is 1.45. The predicted octanol–water partition coefficient (Wildman–Crippen LogP) is -0.233. The van der Waals surface area contributed by atoms with Gasteiger partial charge in [0.25, 0.3) is 0 Å². The molecule has 0 amide bonds. The first-order chi connectivity index (χ1) is 4.84. The SMILES string of the molecule is COC(=O)[C@@H]1[C@H]2CCN[C@H]21. The maximum absolute atomic E-state index is 10.9. The second-order valence-electron chi connectivity index (χ2n) is 2.98. The van der Waals surface area contributed by atoms with Gasteiger partial charge in [-0.3, -0.25) is 4.79 Å². The van der Waals surface area contributed by atoms with Crippen molar-refractivity contribution in [3.05, 3.63) is 0 Å². The molecule has 1 heterocycles. The molecule has 2 fully saturated rings. The van der Waals surface area contributed by atoms with Crippen molar-refractivity contribution in [1.82, 2.24) is 5.32 Å². The average molecular weight is 141 g/mol. The third-order valence-corrected chi connectivity index (χ3v) is 2.50. The van der Waals surface area contributed by atoms with E-state index in [-0.39, 0.29) is 11.9 Å². The van der Waals surface area contributed by atoms with Gasteiger partial charge in [-0.15, -0.1) is 0 Å². The molecule has 0 spiro atoms. The number of hydrogen-bond acceptors (Lipinski definition) is 3. The molecule has 1 saturated heterocycles. The Balaban J connectivity index is 1.94. The number of piperidine rings is 1. The van der Waals surface area contributed by atoms with Gasteiger partial charge in [0.1, 0.15) is 0 Å². The molecule has 1 saturated carbocycles. The predicted molar refractivity (Wildman–Crippen MR) is 35.4 cm³/mol. The molecule has 0 aromatic heterocycles. The van der Waals surface area contributed by atoms with Gasteiger partial charge in [-0.05, 0) is 18.9 Å². The number of ether oxygens (including phenoxy) is 1. The van der Waals surface area contributed by atoms with Crippen molar-refractivity contribution in [3.63, 3.8) is 0 Å². The molecule has 1 N–H and O–H groups in total. The van der Waals surface area contributed by atoms with E-state index in [0.29, 0.717) is 12.0 Å². The molecule has 0 aromatic carbocycles. The highest BCUT2D eigenvalue weighted by Crippen LogP contribution is 2.45. The van der Waals surface area contributed by atoms with Crippen LogP contribution in [-0.2, 0) is 9.53 Å². The lowest BCUT2D eigenvalue weighted by atomic mass is 10.2. The van der Waals surface area contributed by atoms with E-state index in [0.717, 1.165) is 13.0 Å². The van der Waals surface area contributed by atoms with Crippen molar-refractivity contribution in [2.24, 2.45) is 11.8 Å². The fraction of sp³-hybridized carbons (Fsp3) is 0.857. The number of fused-ring (bicyclic) bond motifs is 1. The maximum Gasteiger partial charge on any atom is 0.310 e. The van der Waals surface area contributed by atoms with Gasteiger partial charge >= 0.3 is 5.97 Å². The summed E-state index contributed by atoms with van der Waals surface area (Å²) in [5.74, 6) is 0.730. The molecular formula is C7H11NO2. The molecule has 0 unspecified atom stereocenters. The van der Waals surface area contributed by atoms with E-state index in [1.54, 1.807) is 0 Å². The third kappa shape index (κ3) is 0.669. The molecule has 1 aliphatic carbocycles. The molecule has 0 radical (unpaired) electrons. The van der Waals surface area contributed by atoms with Crippen molar-refractivity contribution in [2.45, 2.75) is 12.5 Å². The highest BCUT2D eigenvalue weighted by molar-refractivity contribution is 5.77. The summed E-state index contributed by atoms with van der Waals surface area (Å²) in [6.07, 6.45) is 1.14. The molecule has 56 valence electrons. The van der Waals surface area contributed by atoms with Crippen LogP contribution in [0.15, 0.2) is 0 Å². The van der Waals surface area contributed by atoms with E-state index in [1.165, 1.54) is 7.11 Å². The van der Waals surface area contributed by atoms with E-state index < -0.39 is 0 Å². The first-order valence-corrected chi connectivity index (χ1v) is 3.66. The molecule has 2 rings (SSSR count). The first-order valence-electron chi connectivity index (χ1n) is 3.66. The smallest absolute Gasteiger partial charge is 0.310 e. The lowest BCUT2D eigenvalue weighted by Crippen LogP contribution is -2.20. The minimum atomic E-state index is -0.0396. The molecule has 1 aliphatic heterocycles. The molecule has 10 heavy (non-hydrogen) atoms. The van der Waals surface area contributed by atoms with Crippen molar-refractivity contribution in [3.8, 4) is 0 Å². The van der Waals surface area contributed by atoms with Gasteiger partial charge < -0.3 is 10.1 Å². The van der Waals surface area contributed by atoms with Crippen LogP contribution in [0.4, 0.5) is 0 Å². The zero-order valence-corrected chi connectivity index (χ0v) is 5.96. The Kier molecular flexibility index (Phi) is 1.20. The summed E-state index contributed by atoms with van der Waals surface area (Å²) in [4.78, 5) is 10.9. The van der Waals surface area contributed by atoms with Crippen molar-refractivity contribution in [1.29, 1.82) is 0 Å². The number of carbonyl (C=O) groups excluding carboxylic acids is 1. The van der Waals surface area contributed by atoms with Gasteiger partial charge in [0.15, 0.2) is 0 Å². The quantitative estimate of drug-likeness (QED) is 0.512. The molecular weight excluding hydrogens is 130 g/mol. The van der Waals surface area contributed by atoms with Crippen LogP contribution in [-0.4, -0.2) is 25.7 Å². The molecule has 3 heteroatoms. The van der Waals surface area contributed by atoms with Gasteiger partial charge in [-0.1, -0.05) is 0 Å². The van der Waals surface area contributed by atoms with E-state index in [9.17, 15) is 4.79 Å². The minimum absolute atomic E-state index is 0.0396. The Morgan fingerprint density at radius 1 is 1.70 bits per heavy atom. The Bertz CT molecular complexity index is 159. The van der Waals surface area contributed by atoms with Gasteiger partial charge in [0.05, 0.1) is 13.0 Å². The van der Waals surface area contributed by atoms with Crippen LogP contribution in [0.2, 0.25) is 0 Å². The fourth-order valence-electron chi connectivity index (χ4n) is 1.89. The van der Waals surface area contributed by atoms with Crippen LogP contribution in [0, 0.1) is 11.8 Å². The number of nitrogens with one attached hydrogen (secondary N) is 1. The summed E-state index contributed by atoms with van der Waals surface area (Å²) in [6.45, 7) is 1.07. The average Bonchev–Trinajstić information content (AvgIpc) is 2.43. The maximum atomic E-state index is 10.9. The highest BCUT2D eigenvalue weighted by atomic mass is 16.5. The number of methoxy groups -OCH3 is 1. The Morgan fingerprint density at radius 2 is 2.50 bits per heavy atom. The van der Waals surface area contributed by atoms with Crippen LogP contribution in [0.3, 0.4) is 0 Å². The summed E-state index contributed by atoms with van der Waals surface area (Å²) < 4.78 is 4.63. The number of carbonyl (C=O) groups is 1. The second-order valence-corrected chi connectivity index (χ2v) is 2.98. The van der Waals surface area contributed by atoms with E-state index >= 15 is 0 Å². The molecule has 3 atom stereocenters. The summed E-state index contributed by atoms with van der Waals surface area (Å²) in [5.41, 5.74) is 0. The Hall–Kier alpha value is -0.570. The second kappa shape index (κ2) is 1.95. The van der Waals surface area contributed by atoms with E-state index in [4.69, 9.17) is 0 Å². The topological polar surface area (TPSA) is 38.3 Å². The lowest BCUT2D eigenvalue weighted by molar-refractivity contribution is -0.142. The molecule has 2 aliphatic rings. The minimum Gasteiger partial charge on any atom is -0.469 e. The van der Waals surface area contributed by atoms with Crippen LogP contribution < -0.4 is 5.32 Å². The van der Waals surface area contributed by atoms with Crippen LogP contribution in [0.25, 0.3) is 0 Å². The van der Waals surface area contributed by atoms with Gasteiger partial charge in [0.2, 0.25) is 0 Å². The number of rotatable bonds is 1. The molecule has 0 aromatic rings. The van der Waals surface area contributed by atoms with Crippen LogP contribution >= 0.6 is 0 Å². The zero-order chi connectivity index (χ0) is 7.14. The summed E-state index contributed by atoms with van der Waals surface area (Å²) in [6, 6.07) is 0.451. The third-order valence-electron chi connectivity index (χ3n) is 2.50. The largest absolute Gasteiger partial charge is 0.469 e. The monoisotopic (exact) mass is 141 g/mol. The number of esters is 1. The standard InChI is InChI=1S/C7H11NO2/c1-10-7(9)5-4-2-3-8-6(4)5/h4-6,8H,2-3H2,1H3/t4-,5-,6-/m1/s1. The molecule has 0 bridgehead atoms. The lowest BCUT2D eigenvalue weighted by Gasteiger charge is -2.00. The van der Waals surface area contributed by atoms with Gasteiger partial charge in [-0.25, -0.2) is 0 Å². The number of hydrogen-bond donors (Lipinski definition) is 1. The first kappa shape index (κ1) is 6.16. The fourth-order valence-corrected chi connectivity index (χ4v) is 1.89. The van der Waals surface area contributed by atoms with Gasteiger partial charge in [0, 0.05) is 6.04 Å². The normalized spacial score (nSPS) is 42.7.